The average Bonchev–Trinajstić information content (AvgIpc) is 3.80. The first-order chi connectivity index (χ1) is 19.9. The number of carbonyl (C=O) groups is 1. The Kier molecular flexibility index (Phi) is 7.01. The van der Waals surface area contributed by atoms with E-state index in [0.717, 1.165) is 57.8 Å². The van der Waals surface area contributed by atoms with Gasteiger partial charge in [0, 0.05) is 34.2 Å². The molecular weight excluding hydrogens is 518 g/mol. The maximum atomic E-state index is 13.1. The lowest BCUT2D eigenvalue weighted by Gasteiger charge is -2.11. The standard InChI is InChI=1S/C32H31N5O4/c1-19-28(15-23(17-33-19)34-32(38)22-13-25(40-3)16-26(14-22)41-4)29-12-11-27-30(21-7-8-21)36-37(31(27)35-29)18-20-5-9-24(39-2)10-6-20/h5-6,9-17,21H,7-8,18H2,1-4H3,(H,34,38). The molecule has 1 saturated carbocycles. The molecule has 3 aromatic heterocycles. The zero-order valence-corrected chi connectivity index (χ0v) is 23.5. The third kappa shape index (κ3) is 5.43. The van der Waals surface area contributed by atoms with Gasteiger partial charge in [0.1, 0.15) is 17.2 Å². The number of nitrogens with one attached hydrogen (secondary N) is 1. The monoisotopic (exact) mass is 549 g/mol. The molecule has 0 aliphatic heterocycles. The van der Waals surface area contributed by atoms with Crippen molar-refractivity contribution in [2.45, 2.75) is 32.2 Å². The maximum Gasteiger partial charge on any atom is 0.255 e. The summed E-state index contributed by atoms with van der Waals surface area (Å²) in [5.41, 5.74) is 6.43. The van der Waals surface area contributed by atoms with Crippen molar-refractivity contribution in [2.75, 3.05) is 26.6 Å². The molecule has 9 heteroatoms. The van der Waals surface area contributed by atoms with Gasteiger partial charge >= 0.3 is 0 Å². The summed E-state index contributed by atoms with van der Waals surface area (Å²) in [6, 6.07) is 19.1. The van der Waals surface area contributed by atoms with Crippen LogP contribution in [0.3, 0.4) is 0 Å². The fourth-order valence-corrected chi connectivity index (χ4v) is 4.90. The van der Waals surface area contributed by atoms with Gasteiger partial charge in [-0.25, -0.2) is 9.67 Å². The molecule has 0 spiro atoms. The van der Waals surface area contributed by atoms with Crippen LogP contribution in [0.1, 0.15) is 46.1 Å². The predicted molar refractivity (Wildman–Crippen MR) is 157 cm³/mol. The summed E-state index contributed by atoms with van der Waals surface area (Å²) in [5, 5.41) is 9.02. The van der Waals surface area contributed by atoms with Crippen LogP contribution in [-0.2, 0) is 6.54 Å². The number of pyridine rings is 2. The zero-order chi connectivity index (χ0) is 28.5. The summed E-state index contributed by atoms with van der Waals surface area (Å²) >= 11 is 0. The molecule has 41 heavy (non-hydrogen) atoms. The lowest BCUT2D eigenvalue weighted by Crippen LogP contribution is -2.13. The summed E-state index contributed by atoms with van der Waals surface area (Å²) in [7, 11) is 4.76. The van der Waals surface area contributed by atoms with Crippen LogP contribution in [0.4, 0.5) is 5.69 Å². The molecule has 0 radical (unpaired) electrons. The average molecular weight is 550 g/mol. The van der Waals surface area contributed by atoms with Crippen molar-refractivity contribution in [3.63, 3.8) is 0 Å². The second-order valence-electron chi connectivity index (χ2n) is 10.1. The zero-order valence-electron chi connectivity index (χ0n) is 23.5. The summed E-state index contributed by atoms with van der Waals surface area (Å²) in [6.07, 6.45) is 3.95. The van der Waals surface area contributed by atoms with Crippen LogP contribution < -0.4 is 19.5 Å². The molecule has 0 unspecified atom stereocenters. The lowest BCUT2D eigenvalue weighted by molar-refractivity contribution is 0.102. The Hall–Kier alpha value is -4.92. The van der Waals surface area contributed by atoms with Crippen molar-refractivity contribution >= 4 is 22.6 Å². The van der Waals surface area contributed by atoms with E-state index in [2.05, 4.69) is 16.4 Å². The second kappa shape index (κ2) is 10.9. The molecule has 208 valence electrons. The molecule has 1 fully saturated rings. The number of fused-ring (bicyclic) bond motifs is 1. The number of rotatable bonds is 9. The van der Waals surface area contributed by atoms with E-state index in [1.807, 2.05) is 48.0 Å². The highest BCUT2D eigenvalue weighted by Crippen LogP contribution is 2.42. The summed E-state index contributed by atoms with van der Waals surface area (Å²) < 4.78 is 17.9. The van der Waals surface area contributed by atoms with Crippen LogP contribution in [0.15, 0.2) is 66.9 Å². The van der Waals surface area contributed by atoms with Crippen LogP contribution in [0.5, 0.6) is 17.2 Å². The van der Waals surface area contributed by atoms with Crippen LogP contribution >= 0.6 is 0 Å². The van der Waals surface area contributed by atoms with Gasteiger partial charge in [0.05, 0.1) is 51.1 Å². The van der Waals surface area contributed by atoms with E-state index in [0.29, 0.717) is 35.2 Å². The van der Waals surface area contributed by atoms with E-state index in [4.69, 9.17) is 24.3 Å². The van der Waals surface area contributed by atoms with Crippen molar-refractivity contribution in [1.29, 1.82) is 0 Å². The van der Waals surface area contributed by atoms with E-state index in [1.54, 1.807) is 45.7 Å². The van der Waals surface area contributed by atoms with Gasteiger partial charge in [0.2, 0.25) is 0 Å². The Morgan fingerprint density at radius 3 is 2.29 bits per heavy atom. The van der Waals surface area contributed by atoms with Crippen molar-refractivity contribution in [1.82, 2.24) is 19.7 Å². The Bertz CT molecular complexity index is 1720. The van der Waals surface area contributed by atoms with Crippen LogP contribution in [-0.4, -0.2) is 47.0 Å². The molecule has 3 heterocycles. The molecule has 0 bridgehead atoms. The van der Waals surface area contributed by atoms with Gasteiger partial charge in [-0.15, -0.1) is 0 Å². The minimum atomic E-state index is -0.297. The number of hydrogen-bond acceptors (Lipinski definition) is 7. The molecule has 0 saturated heterocycles. The highest BCUT2D eigenvalue weighted by atomic mass is 16.5. The van der Waals surface area contributed by atoms with E-state index in [9.17, 15) is 4.79 Å². The van der Waals surface area contributed by atoms with E-state index >= 15 is 0 Å². The number of ether oxygens (including phenoxy) is 3. The third-order valence-electron chi connectivity index (χ3n) is 7.31. The van der Waals surface area contributed by atoms with Gasteiger partial charge in [0.25, 0.3) is 5.91 Å². The van der Waals surface area contributed by atoms with Gasteiger partial charge < -0.3 is 19.5 Å². The van der Waals surface area contributed by atoms with E-state index < -0.39 is 0 Å². The molecule has 1 N–H and O–H groups in total. The largest absolute Gasteiger partial charge is 0.497 e. The van der Waals surface area contributed by atoms with Gasteiger partial charge in [-0.05, 0) is 67.8 Å². The molecule has 5 aromatic rings. The van der Waals surface area contributed by atoms with Crippen molar-refractivity contribution < 1.29 is 19.0 Å². The Labute approximate surface area is 238 Å². The maximum absolute atomic E-state index is 13.1. The fraction of sp³-hybridized carbons (Fsp3) is 0.250. The summed E-state index contributed by atoms with van der Waals surface area (Å²) in [5.74, 6) is 2.07. The smallest absolute Gasteiger partial charge is 0.255 e. The summed E-state index contributed by atoms with van der Waals surface area (Å²) in [6.45, 7) is 2.53. The fourth-order valence-electron chi connectivity index (χ4n) is 4.90. The van der Waals surface area contributed by atoms with Crippen LogP contribution in [0, 0.1) is 6.92 Å². The Morgan fingerprint density at radius 1 is 0.927 bits per heavy atom. The van der Waals surface area contributed by atoms with Gasteiger partial charge in [-0.1, -0.05) is 12.1 Å². The van der Waals surface area contributed by atoms with Crippen molar-refractivity contribution in [3.8, 4) is 28.5 Å². The van der Waals surface area contributed by atoms with Crippen LogP contribution in [0.2, 0.25) is 0 Å². The van der Waals surface area contributed by atoms with Gasteiger partial charge in [0.15, 0.2) is 5.65 Å². The topological polar surface area (TPSA) is 100 Å². The van der Waals surface area contributed by atoms with E-state index in [1.165, 1.54) is 0 Å². The minimum absolute atomic E-state index is 0.297. The number of amides is 1. The number of carbonyl (C=O) groups excluding carboxylic acids is 1. The molecule has 1 aliphatic rings. The number of nitrogens with zero attached hydrogens (tertiary/aromatic N) is 4. The second-order valence-corrected chi connectivity index (χ2v) is 10.1. The third-order valence-corrected chi connectivity index (χ3v) is 7.31. The first-order valence-electron chi connectivity index (χ1n) is 13.5. The number of aromatic nitrogens is 4. The molecule has 1 aliphatic carbocycles. The van der Waals surface area contributed by atoms with Gasteiger partial charge in [-0.2, -0.15) is 5.10 Å². The highest BCUT2D eigenvalue weighted by Gasteiger charge is 2.29. The number of anilines is 1. The first-order valence-corrected chi connectivity index (χ1v) is 13.5. The normalized spacial score (nSPS) is 12.8. The Balaban J connectivity index is 1.33. The lowest BCUT2D eigenvalue weighted by atomic mass is 10.1. The van der Waals surface area contributed by atoms with Crippen molar-refractivity contribution in [3.05, 3.63) is 89.4 Å². The number of methoxy groups -OCH3 is 3. The first kappa shape index (κ1) is 26.3. The quantitative estimate of drug-likeness (QED) is 0.240. The minimum Gasteiger partial charge on any atom is -0.497 e. The van der Waals surface area contributed by atoms with Crippen LogP contribution in [0.25, 0.3) is 22.3 Å². The molecule has 6 rings (SSSR count). The predicted octanol–water partition coefficient (Wildman–Crippen LogP) is 6.01. The molecule has 0 atom stereocenters. The molecule has 2 aromatic carbocycles. The van der Waals surface area contributed by atoms with E-state index in [-0.39, 0.29) is 5.91 Å². The molecule has 9 nitrogen and oxygen atoms in total. The summed E-state index contributed by atoms with van der Waals surface area (Å²) in [4.78, 5) is 22.7. The molecule has 1 amide bonds. The number of aryl methyl sites for hydroxylation is 1. The van der Waals surface area contributed by atoms with Gasteiger partial charge in [-0.3, -0.25) is 9.78 Å². The Morgan fingerprint density at radius 2 is 1.63 bits per heavy atom. The molecular formula is C32H31N5O4. The number of hydrogen-bond donors (Lipinski definition) is 1. The SMILES string of the molecule is COc1ccc(Cn2nc(C3CC3)c3ccc(-c4cc(NC(=O)c5cc(OC)cc(OC)c5)cnc4C)nc32)cc1. The highest BCUT2D eigenvalue weighted by molar-refractivity contribution is 6.05. The van der Waals surface area contributed by atoms with Crippen molar-refractivity contribution in [2.24, 2.45) is 0 Å². The number of benzene rings is 2.